The third kappa shape index (κ3) is 2.95. The van der Waals surface area contributed by atoms with Crippen LogP contribution < -0.4 is 5.73 Å². The van der Waals surface area contributed by atoms with Gasteiger partial charge in [-0.2, -0.15) is 0 Å². The van der Waals surface area contributed by atoms with Crippen molar-refractivity contribution in [2.24, 2.45) is 11.7 Å². The Balaban J connectivity index is 2.65. The van der Waals surface area contributed by atoms with Gasteiger partial charge in [-0.15, -0.1) is 0 Å². The van der Waals surface area contributed by atoms with Crippen LogP contribution in [-0.4, -0.2) is 40.4 Å². The molecule has 1 heterocycles. The fourth-order valence-electron chi connectivity index (χ4n) is 1.90. The minimum atomic E-state index is -0.899. The van der Waals surface area contributed by atoms with Crippen molar-refractivity contribution in [1.82, 2.24) is 4.90 Å². The zero-order valence-electron chi connectivity index (χ0n) is 9.18. The molecule has 1 aliphatic rings. The summed E-state index contributed by atoms with van der Waals surface area (Å²) in [6, 6.07) is -0.327. The van der Waals surface area contributed by atoms with Crippen LogP contribution in [-0.2, 0) is 14.4 Å². The van der Waals surface area contributed by atoms with Crippen molar-refractivity contribution in [3.8, 4) is 0 Å². The lowest BCUT2D eigenvalue weighted by Crippen LogP contribution is -2.48. The number of carboxylic acid groups (broad SMARTS) is 1. The zero-order valence-corrected chi connectivity index (χ0v) is 9.18. The van der Waals surface area contributed by atoms with Crippen LogP contribution in [0.1, 0.15) is 26.2 Å². The van der Waals surface area contributed by atoms with E-state index in [4.69, 9.17) is 10.8 Å². The first kappa shape index (κ1) is 12.5. The van der Waals surface area contributed by atoms with Crippen molar-refractivity contribution >= 4 is 17.8 Å². The van der Waals surface area contributed by atoms with Gasteiger partial charge in [0.15, 0.2) is 0 Å². The van der Waals surface area contributed by atoms with Crippen molar-refractivity contribution in [3.05, 3.63) is 0 Å². The number of rotatable bonds is 4. The number of aliphatic carboxylic acids is 1. The maximum Gasteiger partial charge on any atom is 0.308 e. The van der Waals surface area contributed by atoms with Crippen molar-refractivity contribution in [1.29, 1.82) is 0 Å². The number of nitrogens with two attached hydrogens (primary N) is 1. The monoisotopic (exact) mass is 228 g/mol. The number of carbonyl (C=O) groups excluding carboxylic acids is 2. The van der Waals surface area contributed by atoms with Crippen LogP contribution in [0.5, 0.6) is 0 Å². The molecule has 2 unspecified atom stereocenters. The molecule has 0 bridgehead atoms. The summed E-state index contributed by atoms with van der Waals surface area (Å²) in [6.45, 7) is 1.87. The molecule has 6 nitrogen and oxygen atoms in total. The fourth-order valence-corrected chi connectivity index (χ4v) is 1.90. The Morgan fingerprint density at radius 1 is 1.62 bits per heavy atom. The highest BCUT2D eigenvalue weighted by Crippen LogP contribution is 2.20. The summed E-state index contributed by atoms with van der Waals surface area (Å²) < 4.78 is 0. The molecular weight excluding hydrogens is 212 g/mol. The maximum absolute atomic E-state index is 11.6. The first-order valence-corrected chi connectivity index (χ1v) is 5.22. The second-order valence-electron chi connectivity index (χ2n) is 4.14. The predicted molar refractivity (Wildman–Crippen MR) is 55.3 cm³/mol. The molecule has 1 rings (SSSR count). The Bertz CT molecular complexity index is 316. The molecule has 0 radical (unpaired) electrons. The smallest absolute Gasteiger partial charge is 0.308 e. The fraction of sp³-hybridized carbons (Fsp3) is 0.700. The molecular formula is C10H16N2O4. The maximum atomic E-state index is 11.6. The van der Waals surface area contributed by atoms with Crippen LogP contribution in [0.15, 0.2) is 0 Å². The van der Waals surface area contributed by atoms with Crippen molar-refractivity contribution in [2.45, 2.75) is 32.2 Å². The van der Waals surface area contributed by atoms with Crippen LogP contribution in [0.3, 0.4) is 0 Å². The van der Waals surface area contributed by atoms with Gasteiger partial charge in [-0.05, 0) is 13.3 Å². The largest absolute Gasteiger partial charge is 0.481 e. The summed E-state index contributed by atoms with van der Waals surface area (Å²) in [7, 11) is 0. The molecule has 2 atom stereocenters. The number of nitrogens with zero attached hydrogens (tertiary/aromatic N) is 1. The number of amides is 2. The first-order valence-electron chi connectivity index (χ1n) is 5.22. The Labute approximate surface area is 93.4 Å². The molecule has 0 aliphatic carbocycles. The molecule has 0 aromatic carbocycles. The van der Waals surface area contributed by atoms with E-state index in [0.717, 1.165) is 0 Å². The number of hydrogen-bond donors (Lipinski definition) is 2. The number of piperidine rings is 1. The van der Waals surface area contributed by atoms with Gasteiger partial charge in [-0.1, -0.05) is 0 Å². The number of carboxylic acids is 1. The molecule has 0 aromatic heterocycles. The van der Waals surface area contributed by atoms with E-state index in [-0.39, 0.29) is 31.3 Å². The van der Waals surface area contributed by atoms with Crippen molar-refractivity contribution in [2.75, 3.05) is 6.54 Å². The van der Waals surface area contributed by atoms with Gasteiger partial charge in [0.2, 0.25) is 11.8 Å². The molecule has 0 spiro atoms. The molecule has 1 aliphatic heterocycles. The average Bonchev–Trinajstić information content (AvgIpc) is 2.16. The minimum absolute atomic E-state index is 0.0675. The van der Waals surface area contributed by atoms with E-state index in [1.807, 2.05) is 0 Å². The topological polar surface area (TPSA) is 101 Å². The molecule has 2 amide bonds. The normalized spacial score (nSPS) is 22.9. The van der Waals surface area contributed by atoms with E-state index < -0.39 is 17.8 Å². The highest BCUT2D eigenvalue weighted by atomic mass is 16.4. The van der Waals surface area contributed by atoms with Gasteiger partial charge in [-0.3, -0.25) is 14.4 Å². The second-order valence-corrected chi connectivity index (χ2v) is 4.14. The van der Waals surface area contributed by atoms with Crippen LogP contribution in [0.25, 0.3) is 0 Å². The first-order chi connectivity index (χ1) is 7.41. The molecule has 0 saturated carbocycles. The molecule has 6 heteroatoms. The van der Waals surface area contributed by atoms with Crippen LogP contribution in [0, 0.1) is 5.92 Å². The lowest BCUT2D eigenvalue weighted by Gasteiger charge is -2.34. The standard InChI is InChI=1S/C10H16N2O4/c1-6(4-8(11)13)12-5-7(10(15)16)2-3-9(12)14/h6-7H,2-5H2,1H3,(H2,11,13)(H,15,16). The summed E-state index contributed by atoms with van der Waals surface area (Å²) in [4.78, 5) is 34.6. The van der Waals surface area contributed by atoms with Gasteiger partial charge < -0.3 is 15.7 Å². The van der Waals surface area contributed by atoms with E-state index in [1.165, 1.54) is 4.90 Å². The molecule has 3 N–H and O–H groups in total. The number of primary amides is 1. The van der Waals surface area contributed by atoms with Crippen molar-refractivity contribution < 1.29 is 19.5 Å². The third-order valence-corrected chi connectivity index (χ3v) is 2.82. The average molecular weight is 228 g/mol. The molecule has 1 fully saturated rings. The lowest BCUT2D eigenvalue weighted by molar-refractivity contribution is -0.148. The van der Waals surface area contributed by atoms with Crippen LogP contribution >= 0.6 is 0 Å². The minimum Gasteiger partial charge on any atom is -0.481 e. The van der Waals surface area contributed by atoms with Gasteiger partial charge in [0.1, 0.15) is 0 Å². The summed E-state index contributed by atoms with van der Waals surface area (Å²) >= 11 is 0. The van der Waals surface area contributed by atoms with Gasteiger partial charge >= 0.3 is 5.97 Å². The summed E-state index contributed by atoms with van der Waals surface area (Å²) in [5, 5.41) is 8.88. The highest BCUT2D eigenvalue weighted by molar-refractivity contribution is 5.82. The van der Waals surface area contributed by atoms with Crippen LogP contribution in [0.2, 0.25) is 0 Å². The molecule has 1 saturated heterocycles. The zero-order chi connectivity index (χ0) is 12.3. The Hall–Kier alpha value is -1.59. The Morgan fingerprint density at radius 2 is 2.25 bits per heavy atom. The Morgan fingerprint density at radius 3 is 2.75 bits per heavy atom. The van der Waals surface area contributed by atoms with Gasteiger partial charge in [0, 0.05) is 25.4 Å². The van der Waals surface area contributed by atoms with E-state index in [1.54, 1.807) is 6.92 Å². The predicted octanol–water partition coefficient (Wildman–Crippen LogP) is -0.426. The van der Waals surface area contributed by atoms with Gasteiger partial charge in [0.25, 0.3) is 0 Å². The van der Waals surface area contributed by atoms with E-state index in [0.29, 0.717) is 6.42 Å². The number of hydrogen-bond acceptors (Lipinski definition) is 3. The highest BCUT2D eigenvalue weighted by Gasteiger charge is 2.32. The summed E-state index contributed by atoms with van der Waals surface area (Å²) in [5.74, 6) is -2.03. The van der Waals surface area contributed by atoms with E-state index in [2.05, 4.69) is 0 Å². The second kappa shape index (κ2) is 4.96. The molecule has 0 aromatic rings. The lowest BCUT2D eigenvalue weighted by atomic mass is 9.96. The van der Waals surface area contributed by atoms with E-state index in [9.17, 15) is 14.4 Å². The van der Waals surface area contributed by atoms with Crippen molar-refractivity contribution in [3.63, 3.8) is 0 Å². The number of carbonyl (C=O) groups is 3. The molecule has 16 heavy (non-hydrogen) atoms. The van der Waals surface area contributed by atoms with Gasteiger partial charge in [-0.25, -0.2) is 0 Å². The summed E-state index contributed by atoms with van der Waals surface area (Å²) in [5.41, 5.74) is 5.05. The third-order valence-electron chi connectivity index (χ3n) is 2.82. The van der Waals surface area contributed by atoms with E-state index >= 15 is 0 Å². The molecule has 90 valence electrons. The number of likely N-dealkylation sites (tertiary alicyclic amines) is 1. The quantitative estimate of drug-likeness (QED) is 0.682. The Kier molecular flexibility index (Phi) is 3.87. The van der Waals surface area contributed by atoms with Crippen LogP contribution in [0.4, 0.5) is 0 Å². The van der Waals surface area contributed by atoms with Gasteiger partial charge in [0.05, 0.1) is 5.92 Å². The summed E-state index contributed by atoms with van der Waals surface area (Å²) in [6.07, 6.45) is 0.659. The SMILES string of the molecule is CC(CC(N)=O)N1CC(C(=O)O)CCC1=O.